The number of halogens is 3. The fourth-order valence-electron chi connectivity index (χ4n) is 2.42. The molecule has 5 heteroatoms. The Kier molecular flexibility index (Phi) is 5.69. The Morgan fingerprint density at radius 1 is 1.14 bits per heavy atom. The predicted molar refractivity (Wildman–Crippen MR) is 92.1 cm³/mol. The number of hydrogen-bond acceptors (Lipinski definition) is 2. The maximum absolute atomic E-state index is 10.7. The number of aryl methyl sites for hydroxylation is 1. The van der Waals surface area contributed by atoms with Crippen molar-refractivity contribution in [2.24, 2.45) is 5.73 Å². The van der Waals surface area contributed by atoms with Crippen LogP contribution in [-0.4, -0.2) is 11.7 Å². The lowest BCUT2D eigenvalue weighted by Gasteiger charge is -2.24. The molecule has 2 atom stereocenters. The highest BCUT2D eigenvalue weighted by Gasteiger charge is 2.24. The number of hydrogen-bond donors (Lipinski definition) is 2. The summed E-state index contributed by atoms with van der Waals surface area (Å²) in [5.74, 6) is -0.283. The summed E-state index contributed by atoms with van der Waals surface area (Å²) < 4.78 is 0.977. The highest BCUT2D eigenvalue weighted by molar-refractivity contribution is 9.10. The first-order valence-electron chi connectivity index (χ1n) is 6.53. The molecule has 0 fully saturated rings. The average molecular weight is 389 g/mol. The van der Waals surface area contributed by atoms with Crippen molar-refractivity contribution in [1.82, 2.24) is 0 Å². The molecule has 21 heavy (non-hydrogen) atoms. The number of nitrogens with two attached hydrogens (primary N) is 1. The lowest BCUT2D eigenvalue weighted by Crippen LogP contribution is -2.21. The number of aliphatic hydroxyl groups excluding tert-OH is 1. The lowest BCUT2D eigenvalue weighted by atomic mass is 9.87. The molecule has 2 unspecified atom stereocenters. The minimum absolute atomic E-state index is 0.283. The van der Waals surface area contributed by atoms with Crippen LogP contribution in [0.5, 0.6) is 0 Å². The first kappa shape index (κ1) is 16.8. The first-order valence-corrected chi connectivity index (χ1v) is 8.08. The summed E-state index contributed by atoms with van der Waals surface area (Å²) in [5.41, 5.74) is 8.52. The van der Waals surface area contributed by atoms with E-state index in [-0.39, 0.29) is 12.5 Å². The zero-order valence-corrected chi connectivity index (χ0v) is 14.6. The van der Waals surface area contributed by atoms with Crippen LogP contribution in [0.15, 0.2) is 40.9 Å². The normalized spacial score (nSPS) is 14.0. The SMILES string of the molecule is Cc1cc(Br)ccc1C(O)C(CN)c1ccc(Cl)cc1Cl. The van der Waals surface area contributed by atoms with Gasteiger partial charge in [-0.15, -0.1) is 0 Å². The van der Waals surface area contributed by atoms with E-state index in [1.165, 1.54) is 0 Å². The van der Waals surface area contributed by atoms with Gasteiger partial charge in [0.1, 0.15) is 0 Å². The molecule has 0 saturated heterocycles. The van der Waals surface area contributed by atoms with Crippen molar-refractivity contribution in [1.29, 1.82) is 0 Å². The smallest absolute Gasteiger partial charge is 0.0873 e. The molecule has 0 heterocycles. The number of benzene rings is 2. The molecular weight excluding hydrogens is 373 g/mol. The van der Waals surface area contributed by atoms with Gasteiger partial charge in [-0.2, -0.15) is 0 Å². The van der Waals surface area contributed by atoms with E-state index in [4.69, 9.17) is 28.9 Å². The Bertz CT molecular complexity index is 648. The molecule has 2 aromatic carbocycles. The number of aliphatic hydroxyl groups is 1. The van der Waals surface area contributed by atoms with Gasteiger partial charge in [-0.25, -0.2) is 0 Å². The van der Waals surface area contributed by atoms with E-state index >= 15 is 0 Å². The van der Waals surface area contributed by atoms with E-state index in [1.54, 1.807) is 12.1 Å². The third-order valence-corrected chi connectivity index (χ3v) is 4.60. The highest BCUT2D eigenvalue weighted by atomic mass is 79.9. The summed E-state index contributed by atoms with van der Waals surface area (Å²) in [7, 11) is 0. The van der Waals surface area contributed by atoms with Gasteiger partial charge in [0.2, 0.25) is 0 Å². The molecule has 0 bridgehead atoms. The van der Waals surface area contributed by atoms with Crippen LogP contribution in [-0.2, 0) is 0 Å². The summed E-state index contributed by atoms with van der Waals surface area (Å²) in [4.78, 5) is 0. The number of rotatable bonds is 4. The molecule has 0 aliphatic heterocycles. The van der Waals surface area contributed by atoms with E-state index in [2.05, 4.69) is 15.9 Å². The van der Waals surface area contributed by atoms with Crippen molar-refractivity contribution in [3.8, 4) is 0 Å². The summed E-state index contributed by atoms with van der Waals surface area (Å²) in [6, 6.07) is 11.0. The van der Waals surface area contributed by atoms with Crippen LogP contribution in [0, 0.1) is 6.92 Å². The van der Waals surface area contributed by atoms with Crippen LogP contribution in [0.1, 0.15) is 28.7 Å². The van der Waals surface area contributed by atoms with Gasteiger partial charge in [-0.1, -0.05) is 51.3 Å². The Hall–Kier alpha value is -0.580. The molecule has 2 nitrogen and oxygen atoms in total. The minimum Gasteiger partial charge on any atom is -0.388 e. The standard InChI is InChI=1S/C16H16BrCl2NO/c1-9-6-10(17)2-4-12(9)16(21)14(8-20)13-5-3-11(18)7-15(13)19/h2-7,14,16,21H,8,20H2,1H3. The van der Waals surface area contributed by atoms with Gasteiger partial charge in [0.15, 0.2) is 0 Å². The third kappa shape index (κ3) is 3.79. The molecule has 0 amide bonds. The maximum Gasteiger partial charge on any atom is 0.0873 e. The van der Waals surface area contributed by atoms with Crippen LogP contribution in [0.25, 0.3) is 0 Å². The van der Waals surface area contributed by atoms with Crippen molar-refractivity contribution in [2.75, 3.05) is 6.54 Å². The fraction of sp³-hybridized carbons (Fsp3) is 0.250. The molecule has 0 radical (unpaired) electrons. The molecular formula is C16H16BrCl2NO. The monoisotopic (exact) mass is 387 g/mol. The van der Waals surface area contributed by atoms with Crippen molar-refractivity contribution in [3.05, 3.63) is 67.6 Å². The second-order valence-corrected chi connectivity index (χ2v) is 6.71. The Labute approximate surface area is 143 Å². The maximum atomic E-state index is 10.7. The second-order valence-electron chi connectivity index (χ2n) is 4.95. The molecule has 2 aromatic rings. The Morgan fingerprint density at radius 3 is 2.38 bits per heavy atom. The third-order valence-electron chi connectivity index (χ3n) is 3.55. The van der Waals surface area contributed by atoms with Gasteiger partial charge in [0, 0.05) is 27.0 Å². The van der Waals surface area contributed by atoms with Crippen LogP contribution in [0.3, 0.4) is 0 Å². The van der Waals surface area contributed by atoms with Crippen LogP contribution in [0.4, 0.5) is 0 Å². The molecule has 0 saturated carbocycles. The topological polar surface area (TPSA) is 46.2 Å². The quantitative estimate of drug-likeness (QED) is 0.786. The molecule has 0 spiro atoms. The van der Waals surface area contributed by atoms with Gasteiger partial charge in [-0.05, 0) is 47.9 Å². The van der Waals surface area contributed by atoms with Crippen molar-refractivity contribution < 1.29 is 5.11 Å². The molecule has 0 aliphatic rings. The van der Waals surface area contributed by atoms with Gasteiger partial charge in [0.05, 0.1) is 6.10 Å². The van der Waals surface area contributed by atoms with Gasteiger partial charge >= 0.3 is 0 Å². The van der Waals surface area contributed by atoms with Gasteiger partial charge < -0.3 is 10.8 Å². The predicted octanol–water partition coefficient (Wildman–Crippen LogP) is 4.84. The molecule has 2 rings (SSSR count). The fourth-order valence-corrected chi connectivity index (χ4v) is 3.44. The molecule has 0 aromatic heterocycles. The molecule has 3 N–H and O–H groups in total. The van der Waals surface area contributed by atoms with E-state index in [1.807, 2.05) is 31.2 Å². The minimum atomic E-state index is -0.721. The van der Waals surface area contributed by atoms with E-state index in [0.29, 0.717) is 10.0 Å². The summed E-state index contributed by atoms with van der Waals surface area (Å²) in [5, 5.41) is 11.8. The first-order chi connectivity index (χ1) is 9.93. The Balaban J connectivity index is 2.40. The van der Waals surface area contributed by atoms with Crippen LogP contribution in [0.2, 0.25) is 10.0 Å². The van der Waals surface area contributed by atoms with Crippen molar-refractivity contribution in [3.63, 3.8) is 0 Å². The van der Waals surface area contributed by atoms with Gasteiger partial charge in [0.25, 0.3) is 0 Å². The summed E-state index contributed by atoms with van der Waals surface area (Å²) >= 11 is 15.6. The highest BCUT2D eigenvalue weighted by Crippen LogP contribution is 2.36. The van der Waals surface area contributed by atoms with Crippen molar-refractivity contribution in [2.45, 2.75) is 18.9 Å². The van der Waals surface area contributed by atoms with Crippen LogP contribution < -0.4 is 5.73 Å². The van der Waals surface area contributed by atoms with Crippen molar-refractivity contribution >= 4 is 39.1 Å². The zero-order chi connectivity index (χ0) is 15.6. The van der Waals surface area contributed by atoms with E-state index in [9.17, 15) is 5.11 Å². The van der Waals surface area contributed by atoms with E-state index < -0.39 is 6.10 Å². The zero-order valence-electron chi connectivity index (χ0n) is 11.5. The Morgan fingerprint density at radius 2 is 1.81 bits per heavy atom. The second kappa shape index (κ2) is 7.12. The van der Waals surface area contributed by atoms with E-state index in [0.717, 1.165) is 21.2 Å². The average Bonchev–Trinajstić information content (AvgIpc) is 2.41. The van der Waals surface area contributed by atoms with Gasteiger partial charge in [-0.3, -0.25) is 0 Å². The summed E-state index contributed by atoms with van der Waals surface area (Å²) in [6.45, 7) is 2.25. The summed E-state index contributed by atoms with van der Waals surface area (Å²) in [6.07, 6.45) is -0.721. The molecule has 0 aliphatic carbocycles. The molecule has 112 valence electrons. The lowest BCUT2D eigenvalue weighted by molar-refractivity contribution is 0.147. The van der Waals surface area contributed by atoms with Crippen LogP contribution >= 0.6 is 39.1 Å². The largest absolute Gasteiger partial charge is 0.388 e.